The molecule has 3 nitrogen and oxygen atoms in total. The zero-order chi connectivity index (χ0) is 16.7. The highest BCUT2D eigenvalue weighted by Crippen LogP contribution is 2.65. The molecule has 4 aliphatic rings. The quantitative estimate of drug-likeness (QED) is 0.682. The van der Waals surface area contributed by atoms with Crippen molar-refractivity contribution in [3.05, 3.63) is 0 Å². The smallest absolute Gasteiger partial charge is 0.138 e. The molecule has 3 heteroatoms. The lowest BCUT2D eigenvalue weighted by molar-refractivity contribution is -0.266. The fourth-order valence-electron chi connectivity index (χ4n) is 6.71. The van der Waals surface area contributed by atoms with Crippen molar-refractivity contribution in [3.63, 3.8) is 0 Å². The Labute approximate surface area is 140 Å². The minimum atomic E-state index is -0.172. The maximum absolute atomic E-state index is 12.5. The summed E-state index contributed by atoms with van der Waals surface area (Å²) in [7, 11) is 0. The molecule has 0 spiro atoms. The molecule has 2 heterocycles. The first-order valence-corrected chi connectivity index (χ1v) is 9.47. The SMILES string of the molecule is CC1(C)C(=O)CC[C@@]2(C)[C@H]3CC[C@](C)([C@@H]4CO4)O[C@@]3(C)CC[C@@H]12. The first-order chi connectivity index (χ1) is 10.6. The summed E-state index contributed by atoms with van der Waals surface area (Å²) in [6.07, 6.45) is 6.59. The molecule has 0 bridgehead atoms. The fraction of sp³-hybridized carbons (Fsp3) is 0.950. The van der Waals surface area contributed by atoms with Gasteiger partial charge in [0.05, 0.1) is 17.8 Å². The molecular formula is C20H32O3. The van der Waals surface area contributed by atoms with Crippen molar-refractivity contribution >= 4 is 5.78 Å². The summed E-state index contributed by atoms with van der Waals surface area (Å²) in [5, 5.41) is 0. The van der Waals surface area contributed by atoms with Crippen molar-refractivity contribution < 1.29 is 14.3 Å². The summed E-state index contributed by atoms with van der Waals surface area (Å²) in [5.41, 5.74) is -0.0973. The maximum Gasteiger partial charge on any atom is 0.138 e. The molecule has 23 heavy (non-hydrogen) atoms. The Morgan fingerprint density at radius 1 is 0.913 bits per heavy atom. The highest BCUT2D eigenvalue weighted by atomic mass is 16.6. The lowest BCUT2D eigenvalue weighted by Crippen LogP contribution is -2.64. The van der Waals surface area contributed by atoms with E-state index in [4.69, 9.17) is 9.47 Å². The van der Waals surface area contributed by atoms with E-state index in [-0.39, 0.29) is 22.0 Å². The number of fused-ring (bicyclic) bond motifs is 3. The molecule has 6 atom stereocenters. The van der Waals surface area contributed by atoms with E-state index in [0.29, 0.717) is 23.7 Å². The van der Waals surface area contributed by atoms with Gasteiger partial charge in [0, 0.05) is 11.8 Å². The van der Waals surface area contributed by atoms with Crippen molar-refractivity contribution in [2.45, 2.75) is 90.4 Å². The lowest BCUT2D eigenvalue weighted by Gasteiger charge is -2.64. The molecule has 2 aliphatic carbocycles. The Hall–Kier alpha value is -0.410. The molecule has 2 saturated heterocycles. The molecular weight excluding hydrogens is 288 g/mol. The first kappa shape index (κ1) is 16.1. The lowest BCUT2D eigenvalue weighted by atomic mass is 9.44. The molecule has 2 saturated carbocycles. The third-order valence-electron chi connectivity index (χ3n) is 8.15. The van der Waals surface area contributed by atoms with Crippen molar-refractivity contribution in [3.8, 4) is 0 Å². The van der Waals surface area contributed by atoms with Gasteiger partial charge in [-0.25, -0.2) is 0 Å². The van der Waals surface area contributed by atoms with Crippen LogP contribution < -0.4 is 0 Å². The van der Waals surface area contributed by atoms with Crippen LogP contribution in [-0.2, 0) is 14.3 Å². The van der Waals surface area contributed by atoms with Gasteiger partial charge in [0.25, 0.3) is 0 Å². The van der Waals surface area contributed by atoms with Gasteiger partial charge in [-0.05, 0) is 63.2 Å². The topological polar surface area (TPSA) is 38.8 Å². The van der Waals surface area contributed by atoms with Crippen LogP contribution in [0.3, 0.4) is 0 Å². The zero-order valence-corrected chi connectivity index (χ0v) is 15.4. The summed E-state index contributed by atoms with van der Waals surface area (Å²) in [6.45, 7) is 12.3. The summed E-state index contributed by atoms with van der Waals surface area (Å²) in [4.78, 5) is 12.5. The highest BCUT2D eigenvalue weighted by molar-refractivity contribution is 5.85. The van der Waals surface area contributed by atoms with Crippen LogP contribution in [0.1, 0.15) is 73.1 Å². The van der Waals surface area contributed by atoms with Crippen LogP contribution in [-0.4, -0.2) is 29.7 Å². The summed E-state index contributed by atoms with van der Waals surface area (Å²) in [5.74, 6) is 1.53. The summed E-state index contributed by atoms with van der Waals surface area (Å²) < 4.78 is 12.4. The van der Waals surface area contributed by atoms with Gasteiger partial charge in [0.15, 0.2) is 0 Å². The second-order valence-electron chi connectivity index (χ2n) is 9.88. The molecule has 0 unspecified atom stereocenters. The molecule has 0 aromatic carbocycles. The number of carbonyl (C=O) groups excluding carboxylic acids is 1. The maximum atomic E-state index is 12.5. The Morgan fingerprint density at radius 3 is 2.17 bits per heavy atom. The van der Waals surface area contributed by atoms with E-state index in [1.54, 1.807) is 0 Å². The average Bonchev–Trinajstić information content (AvgIpc) is 3.27. The Balaban J connectivity index is 1.66. The molecule has 2 aliphatic heterocycles. The number of epoxide rings is 1. The largest absolute Gasteiger partial charge is 0.370 e. The number of hydrogen-bond acceptors (Lipinski definition) is 3. The molecule has 130 valence electrons. The van der Waals surface area contributed by atoms with E-state index in [1.807, 2.05) is 0 Å². The predicted octanol–water partition coefficient (Wildman–Crippen LogP) is 4.13. The van der Waals surface area contributed by atoms with Crippen LogP contribution in [0, 0.1) is 22.7 Å². The van der Waals surface area contributed by atoms with Crippen LogP contribution in [0.25, 0.3) is 0 Å². The summed E-state index contributed by atoms with van der Waals surface area (Å²) in [6, 6.07) is 0. The standard InChI is InChI=1S/C20H32O3/c1-17(2)13-6-10-19(4)14(18(13,3)9-8-15(17)21)7-11-20(5,23-19)16-12-22-16/h13-14,16H,6-12H2,1-5H3/t13-,14+,16-,18+,19-,20+/m0/s1. The number of Topliss-reactive ketones (excluding diaryl/α,β-unsaturated/α-hetero) is 1. The number of carbonyl (C=O) groups is 1. The van der Waals surface area contributed by atoms with Gasteiger partial charge in [-0.1, -0.05) is 20.8 Å². The second-order valence-corrected chi connectivity index (χ2v) is 9.88. The third kappa shape index (κ3) is 2.12. The van der Waals surface area contributed by atoms with Gasteiger partial charge >= 0.3 is 0 Å². The van der Waals surface area contributed by atoms with Crippen LogP contribution in [0.2, 0.25) is 0 Å². The van der Waals surface area contributed by atoms with E-state index in [2.05, 4.69) is 34.6 Å². The van der Waals surface area contributed by atoms with E-state index in [9.17, 15) is 4.79 Å². The van der Waals surface area contributed by atoms with Gasteiger partial charge in [-0.2, -0.15) is 0 Å². The number of ether oxygens (including phenoxy) is 2. The van der Waals surface area contributed by atoms with Crippen LogP contribution in [0.5, 0.6) is 0 Å². The monoisotopic (exact) mass is 320 g/mol. The molecule has 0 amide bonds. The summed E-state index contributed by atoms with van der Waals surface area (Å²) >= 11 is 0. The van der Waals surface area contributed by atoms with Crippen molar-refractivity contribution in [1.29, 1.82) is 0 Å². The zero-order valence-electron chi connectivity index (χ0n) is 15.4. The van der Waals surface area contributed by atoms with Gasteiger partial charge in [0.2, 0.25) is 0 Å². The van der Waals surface area contributed by atoms with Crippen molar-refractivity contribution in [2.24, 2.45) is 22.7 Å². The van der Waals surface area contributed by atoms with E-state index in [1.165, 1.54) is 6.42 Å². The first-order valence-electron chi connectivity index (χ1n) is 9.47. The Kier molecular flexibility index (Phi) is 3.22. The number of ketones is 1. The number of rotatable bonds is 1. The predicted molar refractivity (Wildman–Crippen MR) is 89.2 cm³/mol. The Bertz CT molecular complexity index is 537. The van der Waals surface area contributed by atoms with Gasteiger partial charge < -0.3 is 9.47 Å². The van der Waals surface area contributed by atoms with Crippen molar-refractivity contribution in [1.82, 2.24) is 0 Å². The molecule has 4 fully saturated rings. The second kappa shape index (κ2) is 4.60. The minimum Gasteiger partial charge on any atom is -0.370 e. The third-order valence-corrected chi connectivity index (χ3v) is 8.15. The highest BCUT2D eigenvalue weighted by Gasteiger charge is 2.64. The van der Waals surface area contributed by atoms with Gasteiger partial charge in [-0.3, -0.25) is 4.79 Å². The van der Waals surface area contributed by atoms with E-state index in [0.717, 1.165) is 38.7 Å². The van der Waals surface area contributed by atoms with E-state index >= 15 is 0 Å². The van der Waals surface area contributed by atoms with Crippen LogP contribution >= 0.6 is 0 Å². The minimum absolute atomic E-state index is 0.0549. The fourth-order valence-corrected chi connectivity index (χ4v) is 6.71. The molecule has 0 aromatic rings. The van der Waals surface area contributed by atoms with Crippen LogP contribution in [0.15, 0.2) is 0 Å². The Morgan fingerprint density at radius 2 is 1.52 bits per heavy atom. The molecule has 0 aromatic heterocycles. The number of hydrogen-bond donors (Lipinski definition) is 0. The average molecular weight is 320 g/mol. The molecule has 0 radical (unpaired) electrons. The van der Waals surface area contributed by atoms with Crippen molar-refractivity contribution in [2.75, 3.05) is 6.61 Å². The normalized spacial score (nSPS) is 55.0. The van der Waals surface area contributed by atoms with E-state index < -0.39 is 0 Å². The van der Waals surface area contributed by atoms with Gasteiger partial charge in [0.1, 0.15) is 11.9 Å². The van der Waals surface area contributed by atoms with Crippen LogP contribution in [0.4, 0.5) is 0 Å². The van der Waals surface area contributed by atoms with Gasteiger partial charge in [-0.15, -0.1) is 0 Å². The molecule has 0 N–H and O–H groups in total. The molecule has 4 rings (SSSR count).